The number of aryl methyl sites for hydroxylation is 2. The number of anilines is 2. The number of carbonyl (C=O) groups is 4. The van der Waals surface area contributed by atoms with E-state index in [4.69, 9.17) is 10.7 Å². The van der Waals surface area contributed by atoms with Crippen molar-refractivity contribution in [3.05, 3.63) is 70.6 Å². The van der Waals surface area contributed by atoms with Crippen molar-refractivity contribution < 1.29 is 23.3 Å². The van der Waals surface area contributed by atoms with E-state index in [9.17, 15) is 19.2 Å². The van der Waals surface area contributed by atoms with Gasteiger partial charge in [0.2, 0.25) is 5.91 Å². The minimum absolute atomic E-state index is 0.00228. The topological polar surface area (TPSA) is 103 Å². The van der Waals surface area contributed by atoms with Crippen LogP contribution in [0, 0.1) is 26.3 Å². The molecule has 5 rings (SSSR count). The molecular weight excluding hydrogens is 482 g/mol. The number of nitrogens with one attached hydrogen (secondary N) is 2. The van der Waals surface area contributed by atoms with Gasteiger partial charge in [-0.2, -0.15) is 0 Å². The summed E-state index contributed by atoms with van der Waals surface area (Å²) in [5, 5.41) is 5.32. The highest BCUT2D eigenvalue weighted by atomic mass is 16.2. The standard InChI is InChI=1S/C29H31N5O4/c1-17-9-12-21(18(2)13-17)31-25(35)27(37)33(4)23(14-19-10-11-19)26(36)34-16-29(15-24(34)30-3)20-7-5-6-8-22(20)32-28(29)38/h5-9,12-13,19,23-24H,10-11,14-16H2,1-2,4H3,(H,31,35)(H,32,38)/t23-,24-,29-/m0/s1/i4D3. The molecule has 2 fully saturated rings. The van der Waals surface area contributed by atoms with Crippen LogP contribution in [0.2, 0.25) is 0 Å². The van der Waals surface area contributed by atoms with Gasteiger partial charge in [0.1, 0.15) is 11.5 Å². The van der Waals surface area contributed by atoms with Crippen molar-refractivity contribution in [1.82, 2.24) is 9.80 Å². The van der Waals surface area contributed by atoms with Crippen LogP contribution in [0.1, 0.15) is 46.5 Å². The van der Waals surface area contributed by atoms with Crippen LogP contribution in [0.5, 0.6) is 0 Å². The molecule has 0 aromatic heterocycles. The number of rotatable bonds is 5. The molecule has 3 aliphatic rings. The van der Waals surface area contributed by atoms with Crippen LogP contribution in [-0.2, 0) is 24.6 Å². The van der Waals surface area contributed by atoms with Gasteiger partial charge in [0.05, 0.1) is 6.42 Å². The molecule has 2 aliphatic heterocycles. The van der Waals surface area contributed by atoms with E-state index in [0.29, 0.717) is 27.4 Å². The minimum atomic E-state index is -3.12. The van der Waals surface area contributed by atoms with E-state index >= 15 is 0 Å². The molecule has 1 aliphatic carbocycles. The van der Waals surface area contributed by atoms with Gasteiger partial charge in [-0.3, -0.25) is 28.9 Å². The summed E-state index contributed by atoms with van der Waals surface area (Å²) in [6, 6.07) is 10.8. The van der Waals surface area contributed by atoms with Crippen molar-refractivity contribution in [3.8, 4) is 0 Å². The predicted molar refractivity (Wildman–Crippen MR) is 142 cm³/mol. The monoisotopic (exact) mass is 516 g/mol. The van der Waals surface area contributed by atoms with Gasteiger partial charge in [-0.05, 0) is 49.4 Å². The SMILES string of the molecule is [2H]C([2H])([2H])N(C(=O)C(=O)Nc1ccc(C)cc1C)[C@@H](CC1CC1)C(=O)N1C[C@]2(C[C@H]1[N+]#[C-])C(=O)Nc1ccccc12. The average Bonchev–Trinajstić information content (AvgIpc) is 3.58. The molecule has 9 heteroatoms. The third-order valence-corrected chi connectivity index (χ3v) is 7.78. The van der Waals surface area contributed by atoms with Crippen LogP contribution >= 0.6 is 0 Å². The smallest absolute Gasteiger partial charge is 0.313 e. The number of nitrogens with zero attached hydrogens (tertiary/aromatic N) is 3. The second kappa shape index (κ2) is 9.60. The maximum absolute atomic E-state index is 14.2. The largest absolute Gasteiger partial charge is 0.325 e. The van der Waals surface area contributed by atoms with Crippen molar-refractivity contribution in [2.75, 3.05) is 24.2 Å². The molecule has 38 heavy (non-hydrogen) atoms. The van der Waals surface area contributed by atoms with E-state index < -0.39 is 42.3 Å². The van der Waals surface area contributed by atoms with Crippen LogP contribution in [0.3, 0.4) is 0 Å². The van der Waals surface area contributed by atoms with E-state index in [1.807, 2.05) is 13.0 Å². The maximum atomic E-state index is 14.2. The fourth-order valence-electron chi connectivity index (χ4n) is 5.51. The van der Waals surface area contributed by atoms with Gasteiger partial charge in [0, 0.05) is 29.0 Å². The van der Waals surface area contributed by atoms with E-state index in [1.54, 1.807) is 43.3 Å². The molecule has 0 radical (unpaired) electrons. The molecule has 4 amide bonds. The third kappa shape index (κ3) is 4.40. The fraction of sp³-hybridized carbons (Fsp3) is 0.414. The zero-order chi connectivity index (χ0) is 29.7. The second-order valence-corrected chi connectivity index (χ2v) is 10.5. The molecule has 2 aromatic rings. The quantitative estimate of drug-likeness (QED) is 0.470. The number of hydrogen-bond acceptors (Lipinski definition) is 4. The summed E-state index contributed by atoms with van der Waals surface area (Å²) in [5.41, 5.74) is 2.10. The molecule has 0 bridgehead atoms. The molecule has 0 unspecified atom stereocenters. The summed E-state index contributed by atoms with van der Waals surface area (Å²) in [6.45, 7) is 8.17. The Morgan fingerprint density at radius 1 is 1.26 bits per heavy atom. The summed E-state index contributed by atoms with van der Waals surface area (Å²) in [6.07, 6.45) is 0.548. The van der Waals surface area contributed by atoms with E-state index in [-0.39, 0.29) is 31.2 Å². The summed E-state index contributed by atoms with van der Waals surface area (Å²) >= 11 is 0. The Morgan fingerprint density at radius 2 is 2.03 bits per heavy atom. The van der Waals surface area contributed by atoms with Gasteiger partial charge in [0.15, 0.2) is 0 Å². The van der Waals surface area contributed by atoms with E-state index in [0.717, 1.165) is 18.4 Å². The van der Waals surface area contributed by atoms with Gasteiger partial charge in [-0.15, -0.1) is 0 Å². The van der Waals surface area contributed by atoms with Crippen molar-refractivity contribution in [3.63, 3.8) is 0 Å². The van der Waals surface area contributed by atoms with Crippen molar-refractivity contribution >= 4 is 35.0 Å². The van der Waals surface area contributed by atoms with E-state index in [1.165, 1.54) is 4.90 Å². The van der Waals surface area contributed by atoms with Gasteiger partial charge < -0.3 is 15.5 Å². The molecule has 1 saturated carbocycles. The highest BCUT2D eigenvalue weighted by Gasteiger charge is 2.59. The molecule has 1 saturated heterocycles. The van der Waals surface area contributed by atoms with Crippen LogP contribution in [0.4, 0.5) is 11.4 Å². The maximum Gasteiger partial charge on any atom is 0.313 e. The summed E-state index contributed by atoms with van der Waals surface area (Å²) in [5.74, 6) is -3.62. The molecule has 9 nitrogen and oxygen atoms in total. The Bertz CT molecular complexity index is 1480. The van der Waals surface area contributed by atoms with Crippen molar-refractivity contribution in [2.45, 2.75) is 57.2 Å². The van der Waals surface area contributed by atoms with Crippen LogP contribution in [0.15, 0.2) is 42.5 Å². The highest BCUT2D eigenvalue weighted by Crippen LogP contribution is 2.47. The Labute approximate surface area is 226 Å². The Morgan fingerprint density at radius 3 is 2.71 bits per heavy atom. The molecule has 1 spiro atoms. The number of fused-ring (bicyclic) bond motifs is 2. The lowest BCUT2D eigenvalue weighted by atomic mass is 9.80. The van der Waals surface area contributed by atoms with E-state index in [2.05, 4.69) is 15.5 Å². The number of hydrogen-bond donors (Lipinski definition) is 2. The molecule has 3 atom stereocenters. The van der Waals surface area contributed by atoms with Gasteiger partial charge in [-0.1, -0.05) is 48.7 Å². The third-order valence-electron chi connectivity index (χ3n) is 7.78. The first kappa shape index (κ1) is 21.9. The Balaban J connectivity index is 1.47. The minimum Gasteiger partial charge on any atom is -0.325 e. The van der Waals surface area contributed by atoms with Crippen molar-refractivity contribution in [2.24, 2.45) is 5.92 Å². The number of benzene rings is 2. The number of amides is 4. The number of likely N-dealkylation sites (tertiary alicyclic amines) is 1. The first-order chi connectivity index (χ1) is 19.4. The first-order valence-electron chi connectivity index (χ1n) is 14.2. The summed E-state index contributed by atoms with van der Waals surface area (Å²) < 4.78 is 24.5. The first-order valence-corrected chi connectivity index (χ1v) is 12.7. The van der Waals surface area contributed by atoms with Gasteiger partial charge in [0.25, 0.3) is 5.91 Å². The summed E-state index contributed by atoms with van der Waals surface area (Å²) in [4.78, 5) is 59.2. The predicted octanol–water partition coefficient (Wildman–Crippen LogP) is 3.24. The average molecular weight is 517 g/mol. The number of carbonyl (C=O) groups excluding carboxylic acids is 4. The normalized spacial score (nSPS) is 23.9. The highest BCUT2D eigenvalue weighted by molar-refractivity contribution is 6.40. The molecule has 2 aromatic carbocycles. The molecular formula is C29H31N5O4. The molecule has 196 valence electrons. The van der Waals surface area contributed by atoms with Crippen LogP contribution < -0.4 is 10.6 Å². The Hall–Kier alpha value is -4.19. The Kier molecular flexibility index (Phi) is 5.52. The second-order valence-electron chi connectivity index (χ2n) is 10.5. The molecule has 2 N–H and O–H groups in total. The fourth-order valence-corrected chi connectivity index (χ4v) is 5.51. The summed E-state index contributed by atoms with van der Waals surface area (Å²) in [7, 11) is 0. The lowest BCUT2D eigenvalue weighted by molar-refractivity contribution is -0.149. The van der Waals surface area contributed by atoms with Crippen LogP contribution in [0.25, 0.3) is 4.85 Å². The molecule has 2 heterocycles. The lowest BCUT2D eigenvalue weighted by Gasteiger charge is -2.31. The number of likely N-dealkylation sites (N-methyl/N-ethyl adjacent to an activating group) is 1. The van der Waals surface area contributed by atoms with Crippen molar-refractivity contribution in [1.29, 1.82) is 0 Å². The number of para-hydroxylation sites is 1. The van der Waals surface area contributed by atoms with Crippen LogP contribution in [-0.4, -0.2) is 59.2 Å². The van der Waals surface area contributed by atoms with Gasteiger partial charge in [-0.25, -0.2) is 6.57 Å². The zero-order valence-corrected chi connectivity index (χ0v) is 21.3. The lowest BCUT2D eigenvalue weighted by Crippen LogP contribution is -2.53. The van der Waals surface area contributed by atoms with Gasteiger partial charge >= 0.3 is 18.0 Å². The zero-order valence-electron chi connectivity index (χ0n) is 24.3.